The number of nitrogens with one attached hydrogen (secondary N) is 1. The second-order valence-electron chi connectivity index (χ2n) is 6.19. The lowest BCUT2D eigenvalue weighted by molar-refractivity contribution is 0.0474. The molecule has 0 spiro atoms. The molecular weight excluding hydrogens is 386 g/mol. The number of anilines is 1. The summed E-state index contributed by atoms with van der Waals surface area (Å²) in [6.07, 6.45) is 3.60. The summed E-state index contributed by atoms with van der Waals surface area (Å²) in [5.41, 5.74) is 2.47. The fraction of sp³-hybridized carbons (Fsp3) is 0.0455. The monoisotopic (exact) mass is 401 g/mol. The molecule has 0 aliphatic carbocycles. The number of esters is 1. The third kappa shape index (κ3) is 3.74. The molecule has 3 aromatic heterocycles. The Morgan fingerprint density at radius 2 is 1.93 bits per heavy atom. The van der Waals surface area contributed by atoms with Crippen LogP contribution in [0.1, 0.15) is 31.2 Å². The molecule has 0 bridgehead atoms. The minimum absolute atomic E-state index is 0.0450. The molecule has 1 amide bonds. The zero-order chi connectivity index (χ0) is 20.2. The summed E-state index contributed by atoms with van der Waals surface area (Å²) >= 11 is 1.32. The summed E-state index contributed by atoms with van der Waals surface area (Å²) in [4.78, 5) is 25.5. The molecular formula is C22H15N3O3S. The number of fused-ring (bicyclic) bond motifs is 1. The van der Waals surface area contributed by atoms with Crippen molar-refractivity contribution >= 4 is 34.4 Å². The van der Waals surface area contributed by atoms with Crippen molar-refractivity contribution in [2.45, 2.75) is 6.61 Å². The molecule has 6 nitrogen and oxygen atoms in total. The van der Waals surface area contributed by atoms with Gasteiger partial charge in [-0.2, -0.15) is 5.26 Å². The third-order valence-electron chi connectivity index (χ3n) is 4.37. The van der Waals surface area contributed by atoms with Crippen molar-refractivity contribution < 1.29 is 14.3 Å². The number of hydrogen-bond acceptors (Lipinski definition) is 5. The first-order valence-corrected chi connectivity index (χ1v) is 9.65. The van der Waals surface area contributed by atoms with Crippen LogP contribution in [0, 0.1) is 11.3 Å². The van der Waals surface area contributed by atoms with Crippen LogP contribution in [0.15, 0.2) is 72.4 Å². The molecule has 7 heteroatoms. The van der Waals surface area contributed by atoms with Crippen molar-refractivity contribution in [1.29, 1.82) is 5.26 Å². The Morgan fingerprint density at radius 3 is 2.72 bits per heavy atom. The van der Waals surface area contributed by atoms with E-state index in [2.05, 4.69) is 11.4 Å². The number of aromatic nitrogens is 1. The second-order valence-corrected chi connectivity index (χ2v) is 7.14. The number of rotatable bonds is 5. The quantitative estimate of drug-likeness (QED) is 0.500. The van der Waals surface area contributed by atoms with Gasteiger partial charge in [0.25, 0.3) is 5.91 Å². The third-order valence-corrected chi connectivity index (χ3v) is 5.24. The first-order chi connectivity index (χ1) is 14.2. The maximum absolute atomic E-state index is 12.7. The van der Waals surface area contributed by atoms with Gasteiger partial charge in [0.1, 0.15) is 12.7 Å². The molecule has 0 radical (unpaired) electrons. The summed E-state index contributed by atoms with van der Waals surface area (Å²) in [7, 11) is 0. The minimum Gasteiger partial charge on any atom is -0.457 e. The molecule has 0 fully saturated rings. The number of hydrogen-bond donors (Lipinski definition) is 1. The van der Waals surface area contributed by atoms with Gasteiger partial charge in [-0.3, -0.25) is 4.79 Å². The molecule has 4 aromatic rings. The van der Waals surface area contributed by atoms with E-state index in [0.717, 1.165) is 5.52 Å². The molecule has 0 aliphatic heterocycles. The number of para-hydroxylation sites is 1. The Morgan fingerprint density at radius 1 is 1.10 bits per heavy atom. The molecule has 0 unspecified atom stereocenters. The highest BCUT2D eigenvalue weighted by molar-refractivity contribution is 7.12. The number of carbonyl (C=O) groups is 2. The fourth-order valence-corrected chi connectivity index (χ4v) is 3.62. The van der Waals surface area contributed by atoms with Crippen LogP contribution < -0.4 is 5.32 Å². The highest BCUT2D eigenvalue weighted by Gasteiger charge is 2.17. The standard InChI is InChI=1S/C22H15N3O3S/c23-12-17-15(13-25-10-4-3-8-19(17)25)14-28-22(27)16-6-1-2-7-18(16)24-21(26)20-9-5-11-29-20/h1-11,13H,14H2,(H,24,26). The lowest BCUT2D eigenvalue weighted by Gasteiger charge is -2.10. The van der Waals surface area contributed by atoms with E-state index in [1.165, 1.54) is 11.3 Å². The number of thiophene rings is 1. The van der Waals surface area contributed by atoms with E-state index >= 15 is 0 Å². The van der Waals surface area contributed by atoms with Gasteiger partial charge in [0, 0.05) is 18.0 Å². The summed E-state index contributed by atoms with van der Waals surface area (Å²) in [5.74, 6) is -0.864. The molecule has 142 valence electrons. The van der Waals surface area contributed by atoms with Gasteiger partial charge >= 0.3 is 5.97 Å². The zero-order valence-electron chi connectivity index (χ0n) is 15.2. The maximum atomic E-state index is 12.7. The summed E-state index contributed by atoms with van der Waals surface area (Å²) in [5, 5.41) is 14.0. The molecule has 0 saturated carbocycles. The molecule has 3 heterocycles. The molecule has 0 saturated heterocycles. The molecule has 0 aliphatic rings. The fourth-order valence-electron chi connectivity index (χ4n) is 3.00. The Bertz CT molecular complexity index is 1240. The highest BCUT2D eigenvalue weighted by atomic mass is 32.1. The number of nitriles is 1. The first-order valence-electron chi connectivity index (χ1n) is 8.77. The molecule has 1 aromatic carbocycles. The van der Waals surface area contributed by atoms with Crippen LogP contribution >= 0.6 is 11.3 Å². The predicted octanol–water partition coefficient (Wildman–Crippen LogP) is 4.48. The van der Waals surface area contributed by atoms with E-state index in [1.54, 1.807) is 42.6 Å². The van der Waals surface area contributed by atoms with Crippen LogP contribution in [0.5, 0.6) is 0 Å². The van der Waals surface area contributed by atoms with Crippen LogP contribution in [0.2, 0.25) is 0 Å². The topological polar surface area (TPSA) is 83.6 Å². The highest BCUT2D eigenvalue weighted by Crippen LogP contribution is 2.22. The Hall–Kier alpha value is -3.89. The van der Waals surface area contributed by atoms with Gasteiger partial charge in [0.2, 0.25) is 0 Å². The van der Waals surface area contributed by atoms with E-state index in [1.807, 2.05) is 34.2 Å². The van der Waals surface area contributed by atoms with Gasteiger partial charge in [-0.1, -0.05) is 24.3 Å². The van der Waals surface area contributed by atoms with Crippen LogP contribution in [0.4, 0.5) is 5.69 Å². The predicted molar refractivity (Wildman–Crippen MR) is 110 cm³/mol. The molecule has 4 rings (SSSR count). The lowest BCUT2D eigenvalue weighted by Crippen LogP contribution is -2.15. The van der Waals surface area contributed by atoms with Gasteiger partial charge in [-0.25, -0.2) is 4.79 Å². The lowest BCUT2D eigenvalue weighted by atomic mass is 10.1. The summed E-state index contributed by atoms with van der Waals surface area (Å²) < 4.78 is 7.26. The number of ether oxygens (including phenoxy) is 1. The Balaban J connectivity index is 1.53. The van der Waals surface area contributed by atoms with Crippen LogP contribution in [0.3, 0.4) is 0 Å². The van der Waals surface area contributed by atoms with Crippen molar-refractivity contribution in [3.8, 4) is 6.07 Å². The van der Waals surface area contributed by atoms with Gasteiger partial charge in [-0.05, 0) is 35.7 Å². The van der Waals surface area contributed by atoms with Crippen molar-refractivity contribution in [2.24, 2.45) is 0 Å². The average molecular weight is 401 g/mol. The average Bonchev–Trinajstić information content (AvgIpc) is 3.40. The summed E-state index contributed by atoms with van der Waals surface area (Å²) in [6.45, 7) is -0.0450. The number of carbonyl (C=O) groups excluding carboxylic acids is 2. The minimum atomic E-state index is -0.578. The number of nitrogens with zero attached hydrogens (tertiary/aromatic N) is 2. The van der Waals surface area contributed by atoms with Crippen molar-refractivity contribution in [2.75, 3.05) is 5.32 Å². The number of benzene rings is 1. The van der Waals surface area contributed by atoms with Crippen molar-refractivity contribution in [3.05, 3.63) is 93.9 Å². The van der Waals surface area contributed by atoms with Crippen LogP contribution in [-0.2, 0) is 11.3 Å². The van der Waals surface area contributed by atoms with Gasteiger partial charge in [0.05, 0.1) is 27.2 Å². The Labute approximate surface area is 170 Å². The second kappa shape index (κ2) is 8.00. The van der Waals surface area contributed by atoms with Crippen LogP contribution in [-0.4, -0.2) is 16.3 Å². The SMILES string of the molecule is N#Cc1c(COC(=O)c2ccccc2NC(=O)c2cccs2)cn2ccccc12. The smallest absolute Gasteiger partial charge is 0.340 e. The van der Waals surface area contributed by atoms with Gasteiger partial charge < -0.3 is 14.5 Å². The molecule has 0 atom stereocenters. The van der Waals surface area contributed by atoms with Crippen molar-refractivity contribution in [3.63, 3.8) is 0 Å². The maximum Gasteiger partial charge on any atom is 0.340 e. The molecule has 29 heavy (non-hydrogen) atoms. The Kier molecular flexibility index (Phi) is 5.10. The van der Waals surface area contributed by atoms with E-state index < -0.39 is 5.97 Å². The van der Waals surface area contributed by atoms with Crippen LogP contribution in [0.25, 0.3) is 5.52 Å². The largest absolute Gasteiger partial charge is 0.457 e. The van der Waals surface area contributed by atoms with E-state index in [-0.39, 0.29) is 18.1 Å². The van der Waals surface area contributed by atoms with Gasteiger partial charge in [-0.15, -0.1) is 11.3 Å². The van der Waals surface area contributed by atoms with E-state index in [0.29, 0.717) is 21.7 Å². The van der Waals surface area contributed by atoms with E-state index in [4.69, 9.17) is 4.74 Å². The molecule has 1 N–H and O–H groups in total. The van der Waals surface area contributed by atoms with E-state index in [9.17, 15) is 14.9 Å². The summed E-state index contributed by atoms with van der Waals surface area (Å²) in [6, 6.07) is 17.9. The normalized spacial score (nSPS) is 10.4. The number of amides is 1. The van der Waals surface area contributed by atoms with Crippen molar-refractivity contribution in [1.82, 2.24) is 4.40 Å². The number of pyridine rings is 1. The zero-order valence-corrected chi connectivity index (χ0v) is 16.0. The first kappa shape index (κ1) is 18.5. The van der Waals surface area contributed by atoms with Gasteiger partial charge in [0.15, 0.2) is 0 Å².